The molecule has 2 aliphatic carbocycles. The summed E-state index contributed by atoms with van der Waals surface area (Å²) in [6.45, 7) is 2.27. The summed E-state index contributed by atoms with van der Waals surface area (Å²) in [6, 6.07) is 6.68. The van der Waals surface area contributed by atoms with Crippen molar-refractivity contribution in [2.75, 3.05) is 0 Å². The monoisotopic (exact) mass is 244 g/mol. The van der Waals surface area contributed by atoms with Gasteiger partial charge in [0.1, 0.15) is 0 Å². The molecule has 2 aliphatic rings. The highest BCUT2D eigenvalue weighted by molar-refractivity contribution is 5.36. The first-order valence-electron chi connectivity index (χ1n) is 7.49. The maximum atomic E-state index is 10.7. The molecule has 0 amide bonds. The molecule has 1 heteroatoms. The normalized spacial score (nSPS) is 23.7. The van der Waals surface area contributed by atoms with Crippen molar-refractivity contribution in [2.24, 2.45) is 5.41 Å². The summed E-state index contributed by atoms with van der Waals surface area (Å²) >= 11 is 0. The first-order valence-corrected chi connectivity index (χ1v) is 7.49. The number of benzene rings is 1. The predicted molar refractivity (Wildman–Crippen MR) is 74.6 cm³/mol. The Morgan fingerprint density at radius 3 is 2.50 bits per heavy atom. The van der Waals surface area contributed by atoms with Gasteiger partial charge in [-0.25, -0.2) is 0 Å². The maximum absolute atomic E-state index is 10.7. The molecule has 1 nitrogen and oxygen atoms in total. The van der Waals surface area contributed by atoms with Crippen LogP contribution in [0.15, 0.2) is 18.2 Å². The molecule has 0 radical (unpaired) electrons. The van der Waals surface area contributed by atoms with Gasteiger partial charge in [-0.05, 0) is 54.2 Å². The lowest BCUT2D eigenvalue weighted by atomic mass is 9.70. The van der Waals surface area contributed by atoms with Crippen molar-refractivity contribution < 1.29 is 5.11 Å². The Kier molecular flexibility index (Phi) is 3.19. The van der Waals surface area contributed by atoms with E-state index < -0.39 is 0 Å². The Morgan fingerprint density at radius 1 is 1.00 bits per heavy atom. The molecule has 3 rings (SSSR count). The Bertz CT molecular complexity index is 429. The fourth-order valence-electron chi connectivity index (χ4n) is 3.80. The molecular weight excluding hydrogens is 220 g/mol. The molecule has 0 aromatic heterocycles. The Balaban J connectivity index is 1.85. The van der Waals surface area contributed by atoms with Crippen LogP contribution in [-0.4, -0.2) is 5.11 Å². The van der Waals surface area contributed by atoms with Gasteiger partial charge in [-0.3, -0.25) is 0 Å². The van der Waals surface area contributed by atoms with Gasteiger partial charge in [-0.15, -0.1) is 0 Å². The number of rotatable bonds is 2. The van der Waals surface area contributed by atoms with Crippen LogP contribution in [0, 0.1) is 5.41 Å². The van der Waals surface area contributed by atoms with Gasteiger partial charge in [0.15, 0.2) is 0 Å². The summed E-state index contributed by atoms with van der Waals surface area (Å²) in [5.74, 6) is 0. The summed E-state index contributed by atoms with van der Waals surface area (Å²) in [4.78, 5) is 0. The van der Waals surface area contributed by atoms with Crippen LogP contribution < -0.4 is 0 Å². The summed E-state index contributed by atoms with van der Waals surface area (Å²) in [6.07, 6.45) is 9.67. The molecule has 0 bridgehead atoms. The highest BCUT2D eigenvalue weighted by Crippen LogP contribution is 2.46. The van der Waals surface area contributed by atoms with Gasteiger partial charge in [-0.1, -0.05) is 44.4 Å². The van der Waals surface area contributed by atoms with Crippen LogP contribution in [0.5, 0.6) is 0 Å². The lowest BCUT2D eigenvalue weighted by Gasteiger charge is -2.38. The Labute approximate surface area is 110 Å². The molecule has 1 fully saturated rings. The van der Waals surface area contributed by atoms with Gasteiger partial charge in [0.2, 0.25) is 0 Å². The average molecular weight is 244 g/mol. The Morgan fingerprint density at radius 2 is 1.72 bits per heavy atom. The van der Waals surface area contributed by atoms with Crippen LogP contribution in [0.3, 0.4) is 0 Å². The summed E-state index contributed by atoms with van der Waals surface area (Å²) in [5, 5.41) is 10.7. The van der Waals surface area contributed by atoms with E-state index in [4.69, 9.17) is 0 Å². The van der Waals surface area contributed by atoms with Crippen molar-refractivity contribution in [1.29, 1.82) is 0 Å². The van der Waals surface area contributed by atoms with Crippen LogP contribution in [0.2, 0.25) is 0 Å². The van der Waals surface area contributed by atoms with Crippen molar-refractivity contribution in [3.8, 4) is 0 Å². The number of aryl methyl sites for hydroxylation is 2. The summed E-state index contributed by atoms with van der Waals surface area (Å²) in [7, 11) is 0. The lowest BCUT2D eigenvalue weighted by Crippen LogP contribution is -2.28. The predicted octanol–water partition coefficient (Wildman–Crippen LogP) is 4.18. The molecule has 18 heavy (non-hydrogen) atoms. The molecule has 1 unspecified atom stereocenters. The van der Waals surface area contributed by atoms with Crippen molar-refractivity contribution in [3.63, 3.8) is 0 Å². The minimum atomic E-state index is -0.274. The molecule has 1 atom stereocenters. The smallest absolute Gasteiger partial charge is 0.0843 e. The van der Waals surface area contributed by atoms with E-state index in [0.717, 1.165) is 5.56 Å². The van der Waals surface area contributed by atoms with E-state index in [-0.39, 0.29) is 11.5 Å². The third kappa shape index (κ3) is 2.09. The van der Waals surface area contributed by atoms with Crippen LogP contribution in [0.1, 0.15) is 68.2 Å². The van der Waals surface area contributed by atoms with Crippen LogP contribution in [-0.2, 0) is 12.8 Å². The van der Waals surface area contributed by atoms with Crippen LogP contribution in [0.4, 0.5) is 0 Å². The first kappa shape index (κ1) is 12.2. The molecule has 0 spiro atoms. The number of hydrogen-bond acceptors (Lipinski definition) is 1. The second-order valence-electron chi connectivity index (χ2n) is 6.50. The molecular formula is C17H24O. The van der Waals surface area contributed by atoms with E-state index in [1.807, 2.05) is 0 Å². The molecule has 1 aromatic rings. The number of fused-ring (bicyclic) bond motifs is 1. The molecule has 98 valence electrons. The van der Waals surface area contributed by atoms with Crippen molar-refractivity contribution >= 4 is 0 Å². The van der Waals surface area contributed by atoms with Gasteiger partial charge < -0.3 is 5.11 Å². The summed E-state index contributed by atoms with van der Waals surface area (Å²) < 4.78 is 0. The third-order valence-corrected chi connectivity index (χ3v) is 5.09. The SMILES string of the molecule is CC1(C(O)c2ccc3c(c2)CCC3)CCCCC1. The van der Waals surface area contributed by atoms with E-state index in [1.54, 1.807) is 0 Å². The molecule has 1 aromatic carbocycles. The zero-order valence-corrected chi connectivity index (χ0v) is 11.4. The molecule has 1 N–H and O–H groups in total. The molecule has 1 saturated carbocycles. The van der Waals surface area contributed by atoms with E-state index in [0.29, 0.717) is 0 Å². The van der Waals surface area contributed by atoms with Gasteiger partial charge in [-0.2, -0.15) is 0 Å². The highest BCUT2D eigenvalue weighted by Gasteiger charge is 2.35. The van der Waals surface area contributed by atoms with E-state index in [2.05, 4.69) is 25.1 Å². The van der Waals surface area contributed by atoms with Crippen molar-refractivity contribution in [2.45, 2.75) is 64.4 Å². The molecule has 0 aliphatic heterocycles. The number of hydrogen-bond donors (Lipinski definition) is 1. The first-order chi connectivity index (χ1) is 8.69. The van der Waals surface area contributed by atoms with Crippen LogP contribution in [0.25, 0.3) is 0 Å². The van der Waals surface area contributed by atoms with E-state index >= 15 is 0 Å². The maximum Gasteiger partial charge on any atom is 0.0843 e. The quantitative estimate of drug-likeness (QED) is 0.827. The van der Waals surface area contributed by atoms with Gasteiger partial charge in [0.25, 0.3) is 0 Å². The largest absolute Gasteiger partial charge is 0.388 e. The van der Waals surface area contributed by atoms with E-state index in [9.17, 15) is 5.11 Å². The van der Waals surface area contributed by atoms with Crippen LogP contribution >= 0.6 is 0 Å². The lowest BCUT2D eigenvalue weighted by molar-refractivity contribution is 0.00815. The average Bonchev–Trinajstić information content (AvgIpc) is 2.86. The third-order valence-electron chi connectivity index (χ3n) is 5.09. The highest BCUT2D eigenvalue weighted by atomic mass is 16.3. The van der Waals surface area contributed by atoms with Gasteiger partial charge in [0, 0.05) is 0 Å². The second-order valence-corrected chi connectivity index (χ2v) is 6.50. The van der Waals surface area contributed by atoms with Crippen molar-refractivity contribution in [1.82, 2.24) is 0 Å². The van der Waals surface area contributed by atoms with Gasteiger partial charge >= 0.3 is 0 Å². The molecule has 0 saturated heterocycles. The zero-order valence-electron chi connectivity index (χ0n) is 11.4. The minimum Gasteiger partial charge on any atom is -0.388 e. The van der Waals surface area contributed by atoms with Crippen molar-refractivity contribution in [3.05, 3.63) is 34.9 Å². The topological polar surface area (TPSA) is 20.2 Å². The zero-order chi connectivity index (χ0) is 12.6. The van der Waals surface area contributed by atoms with Gasteiger partial charge in [0.05, 0.1) is 6.10 Å². The second kappa shape index (κ2) is 4.70. The fraction of sp³-hybridized carbons (Fsp3) is 0.647. The minimum absolute atomic E-state index is 0.102. The molecule has 0 heterocycles. The Hall–Kier alpha value is -0.820. The number of aliphatic hydroxyl groups excluding tert-OH is 1. The number of aliphatic hydroxyl groups is 1. The fourth-order valence-corrected chi connectivity index (χ4v) is 3.80. The summed E-state index contributed by atoms with van der Waals surface area (Å²) in [5.41, 5.74) is 4.23. The van der Waals surface area contributed by atoms with E-state index in [1.165, 1.54) is 62.5 Å². The standard InChI is InChI=1S/C17H24O/c1-17(10-3-2-4-11-17)16(18)15-9-8-13-6-5-7-14(13)12-15/h8-9,12,16,18H,2-7,10-11H2,1H3.